The van der Waals surface area contributed by atoms with Gasteiger partial charge in [0.15, 0.2) is 0 Å². The van der Waals surface area contributed by atoms with Crippen molar-refractivity contribution in [1.82, 2.24) is 14.8 Å². The van der Waals surface area contributed by atoms with Crippen molar-refractivity contribution in [2.24, 2.45) is 0 Å². The molecule has 1 N–H and O–H groups in total. The lowest BCUT2D eigenvalue weighted by atomic mass is 10.2. The summed E-state index contributed by atoms with van der Waals surface area (Å²) in [7, 11) is -3.88. The van der Waals surface area contributed by atoms with Gasteiger partial charge in [-0.2, -0.15) is 0 Å². The number of carbonyl (C=O) groups excluding carboxylic acids is 2. The fraction of sp³-hybridized carbons (Fsp3) is 0.320. The summed E-state index contributed by atoms with van der Waals surface area (Å²) in [6.07, 6.45) is 1.21. The van der Waals surface area contributed by atoms with Crippen molar-refractivity contribution >= 4 is 38.6 Å². The zero-order chi connectivity index (χ0) is 25.2. The van der Waals surface area contributed by atoms with Gasteiger partial charge in [-0.1, -0.05) is 18.2 Å². The Bertz CT molecular complexity index is 1340. The summed E-state index contributed by atoms with van der Waals surface area (Å²) in [5, 5.41) is 0.820. The van der Waals surface area contributed by atoms with Crippen molar-refractivity contribution in [3.05, 3.63) is 66.4 Å². The highest BCUT2D eigenvalue weighted by atomic mass is 32.2. The first-order valence-corrected chi connectivity index (χ1v) is 12.8. The van der Waals surface area contributed by atoms with Crippen molar-refractivity contribution in [3.63, 3.8) is 0 Å². The van der Waals surface area contributed by atoms with Crippen LogP contribution >= 0.6 is 0 Å². The molecule has 2 heterocycles. The fourth-order valence-corrected chi connectivity index (χ4v) is 4.83. The molecule has 1 fully saturated rings. The lowest BCUT2D eigenvalue weighted by Gasteiger charge is -2.35. The number of fused-ring (bicyclic) bond motifs is 1. The van der Waals surface area contributed by atoms with Crippen LogP contribution in [0, 0.1) is 0 Å². The van der Waals surface area contributed by atoms with Crippen LogP contribution in [0.5, 0.6) is 0 Å². The van der Waals surface area contributed by atoms with Crippen LogP contribution in [0.25, 0.3) is 10.9 Å². The second kappa shape index (κ2) is 9.53. The van der Waals surface area contributed by atoms with Crippen LogP contribution in [0.4, 0.5) is 10.5 Å². The Labute approximate surface area is 204 Å². The Balaban J connectivity index is 1.41. The Kier molecular flexibility index (Phi) is 6.66. The van der Waals surface area contributed by atoms with Crippen molar-refractivity contribution in [2.45, 2.75) is 31.3 Å². The van der Waals surface area contributed by atoms with Crippen LogP contribution in [0.1, 0.15) is 31.1 Å². The quantitative estimate of drug-likeness (QED) is 0.590. The summed E-state index contributed by atoms with van der Waals surface area (Å²) in [6, 6.07) is 14.7. The molecule has 0 spiro atoms. The highest BCUT2D eigenvalue weighted by Crippen LogP contribution is 2.24. The minimum Gasteiger partial charge on any atom is -0.444 e. The van der Waals surface area contributed by atoms with Crippen LogP contribution in [0.2, 0.25) is 0 Å². The summed E-state index contributed by atoms with van der Waals surface area (Å²) in [5.74, 6) is -0.219. The first-order chi connectivity index (χ1) is 16.5. The van der Waals surface area contributed by atoms with E-state index in [0.29, 0.717) is 42.9 Å². The summed E-state index contributed by atoms with van der Waals surface area (Å²) in [6.45, 7) is 6.91. The van der Waals surface area contributed by atoms with Crippen LogP contribution in [0.15, 0.2) is 65.7 Å². The van der Waals surface area contributed by atoms with Crippen molar-refractivity contribution in [3.8, 4) is 0 Å². The van der Waals surface area contributed by atoms with Gasteiger partial charge in [-0.25, -0.2) is 13.2 Å². The molecule has 0 bridgehead atoms. The van der Waals surface area contributed by atoms with E-state index in [1.807, 2.05) is 32.9 Å². The van der Waals surface area contributed by atoms with Gasteiger partial charge in [0, 0.05) is 43.3 Å². The third kappa shape index (κ3) is 5.71. The zero-order valence-corrected chi connectivity index (χ0v) is 20.7. The van der Waals surface area contributed by atoms with Crippen LogP contribution in [-0.4, -0.2) is 67.0 Å². The summed E-state index contributed by atoms with van der Waals surface area (Å²) < 4.78 is 33.9. The third-order valence-electron chi connectivity index (χ3n) is 5.51. The van der Waals surface area contributed by atoms with Gasteiger partial charge in [0.1, 0.15) is 5.60 Å². The number of pyridine rings is 1. The molecule has 0 atom stereocenters. The smallest absolute Gasteiger partial charge is 0.410 e. The minimum atomic E-state index is -3.88. The molecule has 2 amide bonds. The van der Waals surface area contributed by atoms with Gasteiger partial charge in [0.05, 0.1) is 16.1 Å². The summed E-state index contributed by atoms with van der Waals surface area (Å²) >= 11 is 0. The van der Waals surface area contributed by atoms with Crippen LogP contribution in [0.3, 0.4) is 0 Å². The topological polar surface area (TPSA) is 109 Å². The predicted molar refractivity (Wildman–Crippen MR) is 133 cm³/mol. The van der Waals surface area contributed by atoms with Crippen molar-refractivity contribution < 1.29 is 22.7 Å². The molecule has 4 rings (SSSR count). The highest BCUT2D eigenvalue weighted by molar-refractivity contribution is 7.92. The number of ether oxygens (including phenoxy) is 1. The van der Waals surface area contributed by atoms with E-state index in [1.54, 1.807) is 34.2 Å². The van der Waals surface area contributed by atoms with E-state index < -0.39 is 21.7 Å². The number of amides is 2. The molecule has 1 saturated heterocycles. The molecule has 1 aromatic heterocycles. The highest BCUT2D eigenvalue weighted by Gasteiger charge is 2.28. The average molecular weight is 497 g/mol. The standard InChI is InChI=1S/C25H28N4O5S/c1-25(2,3)34-24(31)29-16-14-28(15-17-29)23(30)19-9-11-20(12-10-19)35(32,33)27-21-8-4-6-18-7-5-13-26-22(18)21/h4-13,27H,14-17H2,1-3H3. The molecule has 3 aromatic rings. The van der Waals surface area contributed by atoms with Gasteiger partial charge in [-0.15, -0.1) is 0 Å². The first kappa shape index (κ1) is 24.5. The van der Waals surface area contributed by atoms with Crippen LogP contribution in [-0.2, 0) is 14.8 Å². The Morgan fingerprint density at radius 3 is 2.20 bits per heavy atom. The molecule has 0 unspecified atom stereocenters. The molecule has 9 nitrogen and oxygen atoms in total. The number of hydrogen-bond acceptors (Lipinski definition) is 6. The average Bonchev–Trinajstić information content (AvgIpc) is 2.83. The maximum atomic E-state index is 12.9. The van der Waals surface area contributed by atoms with E-state index in [4.69, 9.17) is 4.74 Å². The lowest BCUT2D eigenvalue weighted by molar-refractivity contribution is 0.0141. The van der Waals surface area contributed by atoms with Crippen molar-refractivity contribution in [1.29, 1.82) is 0 Å². The van der Waals surface area contributed by atoms with E-state index in [-0.39, 0.29) is 10.8 Å². The number of aromatic nitrogens is 1. The molecule has 184 valence electrons. The molecule has 10 heteroatoms. The maximum absolute atomic E-state index is 12.9. The van der Waals surface area contributed by atoms with Gasteiger partial charge in [0.25, 0.3) is 15.9 Å². The predicted octanol–water partition coefficient (Wildman–Crippen LogP) is 3.73. The number of nitrogens with zero attached hydrogens (tertiary/aromatic N) is 3. The molecular formula is C25H28N4O5S. The van der Waals surface area contributed by atoms with E-state index in [9.17, 15) is 18.0 Å². The molecule has 0 aliphatic carbocycles. The van der Waals surface area contributed by atoms with E-state index >= 15 is 0 Å². The SMILES string of the molecule is CC(C)(C)OC(=O)N1CCN(C(=O)c2ccc(S(=O)(=O)Nc3cccc4cccnc34)cc2)CC1. The molecule has 0 radical (unpaired) electrons. The van der Waals surface area contributed by atoms with E-state index in [1.165, 1.54) is 24.3 Å². The Morgan fingerprint density at radius 1 is 0.914 bits per heavy atom. The molecule has 1 aliphatic rings. The maximum Gasteiger partial charge on any atom is 0.410 e. The van der Waals surface area contributed by atoms with Gasteiger partial charge in [0.2, 0.25) is 0 Å². The van der Waals surface area contributed by atoms with Crippen molar-refractivity contribution in [2.75, 3.05) is 30.9 Å². The minimum absolute atomic E-state index is 0.0386. The summed E-state index contributed by atoms with van der Waals surface area (Å²) in [5.41, 5.74) is 0.731. The monoisotopic (exact) mass is 496 g/mol. The number of hydrogen-bond donors (Lipinski definition) is 1. The number of anilines is 1. The van der Waals surface area contributed by atoms with Gasteiger partial charge >= 0.3 is 6.09 Å². The Morgan fingerprint density at radius 2 is 1.54 bits per heavy atom. The van der Waals surface area contributed by atoms with Crippen LogP contribution < -0.4 is 4.72 Å². The van der Waals surface area contributed by atoms with E-state index in [0.717, 1.165) is 5.39 Å². The molecule has 35 heavy (non-hydrogen) atoms. The van der Waals surface area contributed by atoms with Gasteiger partial charge in [-0.05, 0) is 57.2 Å². The lowest BCUT2D eigenvalue weighted by Crippen LogP contribution is -2.51. The zero-order valence-electron chi connectivity index (χ0n) is 19.9. The second-order valence-corrected chi connectivity index (χ2v) is 11.0. The Hall–Kier alpha value is -3.66. The number of piperazine rings is 1. The van der Waals surface area contributed by atoms with Gasteiger partial charge < -0.3 is 14.5 Å². The fourth-order valence-electron chi connectivity index (χ4n) is 3.77. The van der Waals surface area contributed by atoms with E-state index in [2.05, 4.69) is 9.71 Å². The summed E-state index contributed by atoms with van der Waals surface area (Å²) in [4.78, 5) is 32.7. The second-order valence-electron chi connectivity index (χ2n) is 9.27. The number of para-hydroxylation sites is 1. The largest absolute Gasteiger partial charge is 0.444 e. The first-order valence-electron chi connectivity index (χ1n) is 11.3. The van der Waals surface area contributed by atoms with Gasteiger partial charge in [-0.3, -0.25) is 14.5 Å². The molecule has 2 aromatic carbocycles. The molecular weight excluding hydrogens is 468 g/mol. The third-order valence-corrected chi connectivity index (χ3v) is 6.89. The molecule has 1 aliphatic heterocycles. The number of benzene rings is 2. The number of nitrogens with one attached hydrogen (secondary N) is 1. The number of carbonyl (C=O) groups is 2. The number of sulfonamides is 1. The normalized spacial score (nSPS) is 14.6. The number of rotatable bonds is 4. The molecule has 0 saturated carbocycles.